The molecule has 0 saturated heterocycles. The summed E-state index contributed by atoms with van der Waals surface area (Å²) in [5.74, 6) is 3.04. The van der Waals surface area contributed by atoms with Gasteiger partial charge in [0.25, 0.3) is 0 Å². The van der Waals surface area contributed by atoms with E-state index in [1.54, 1.807) is 24.4 Å². The van der Waals surface area contributed by atoms with Gasteiger partial charge in [-0.1, -0.05) is 25.5 Å². The minimum absolute atomic E-state index is 0.142. The maximum Gasteiger partial charge on any atom is 0.247 e. The van der Waals surface area contributed by atoms with Crippen LogP contribution in [-0.2, 0) is 11.2 Å². The fourth-order valence-corrected chi connectivity index (χ4v) is 4.92. The second-order valence-electron chi connectivity index (χ2n) is 10.00. The molecule has 1 aliphatic carbocycles. The molecule has 0 spiro atoms. The molecule has 10 nitrogen and oxygen atoms in total. The lowest BCUT2D eigenvalue weighted by atomic mass is 9.70. The highest BCUT2D eigenvalue weighted by atomic mass is 16.8. The summed E-state index contributed by atoms with van der Waals surface area (Å²) in [6.07, 6.45) is 5.80. The van der Waals surface area contributed by atoms with Crippen molar-refractivity contribution in [3.63, 3.8) is 0 Å². The van der Waals surface area contributed by atoms with Gasteiger partial charge in [-0.25, -0.2) is 10.2 Å². The van der Waals surface area contributed by atoms with Crippen molar-refractivity contribution in [3.05, 3.63) is 65.3 Å². The Bertz CT molecular complexity index is 1220. The maximum absolute atomic E-state index is 11.2. The Morgan fingerprint density at radius 3 is 2.59 bits per heavy atom. The molecule has 0 fully saturated rings. The van der Waals surface area contributed by atoms with Gasteiger partial charge in [0, 0.05) is 37.6 Å². The lowest BCUT2D eigenvalue weighted by molar-refractivity contribution is -0.991. The molecule has 2 aromatic heterocycles. The van der Waals surface area contributed by atoms with E-state index >= 15 is 0 Å². The molecule has 37 heavy (non-hydrogen) atoms. The van der Waals surface area contributed by atoms with E-state index in [1.165, 1.54) is 24.6 Å². The monoisotopic (exact) mass is 506 g/mol. The summed E-state index contributed by atoms with van der Waals surface area (Å²) in [5.41, 5.74) is 3.15. The predicted molar refractivity (Wildman–Crippen MR) is 140 cm³/mol. The van der Waals surface area contributed by atoms with E-state index in [1.807, 2.05) is 6.07 Å². The van der Waals surface area contributed by atoms with Gasteiger partial charge in [0.2, 0.25) is 17.7 Å². The van der Waals surface area contributed by atoms with Crippen LogP contribution in [0, 0.1) is 28.9 Å². The second kappa shape index (κ2) is 11.6. The molecule has 196 valence electrons. The quantitative estimate of drug-likeness (QED) is 0.252. The van der Waals surface area contributed by atoms with Crippen LogP contribution in [0.3, 0.4) is 0 Å². The van der Waals surface area contributed by atoms with E-state index in [0.29, 0.717) is 53.3 Å². The average molecular weight is 507 g/mol. The number of hydrogen-bond donors (Lipinski definition) is 4. The standard InChI is InChI=1S/C27H34N6O4/c1-16(2)24-12-20(13-26-31-32-27(37-26)19-5-8-23(9-6-19)33(35)36)17(3)11-21(24)14-28-22-7-10-25(29-15-22)30-18(4)34/h5-11,15-16,20-21,24,28,33,35H,12-14H2,1-4H3,(H,29,30,34). The third-order valence-electron chi connectivity index (χ3n) is 6.96. The molecule has 0 aliphatic heterocycles. The van der Waals surface area contributed by atoms with E-state index in [9.17, 15) is 10.0 Å². The SMILES string of the molecule is CC(=O)Nc1ccc(NCC2C=C(C)C(Cc3nnc(-c4ccc([NH+]([O-])O)cc4)o3)CC2C(C)C)cn1. The van der Waals surface area contributed by atoms with Crippen LogP contribution in [-0.4, -0.2) is 32.8 Å². The van der Waals surface area contributed by atoms with Crippen molar-refractivity contribution in [2.45, 2.75) is 40.5 Å². The van der Waals surface area contributed by atoms with Gasteiger partial charge in [-0.05, 0) is 61.3 Å². The molecule has 10 heteroatoms. The Labute approximate surface area is 216 Å². The number of allylic oxidation sites excluding steroid dienone is 1. The number of quaternary nitrogens is 1. The van der Waals surface area contributed by atoms with Crippen molar-refractivity contribution in [3.8, 4) is 11.5 Å². The molecule has 1 aliphatic rings. The topological polar surface area (TPSA) is 141 Å². The van der Waals surface area contributed by atoms with Crippen LogP contribution in [0.25, 0.3) is 11.5 Å². The molecule has 1 amide bonds. The number of rotatable bonds is 9. The number of nitrogens with zero attached hydrogens (tertiary/aromatic N) is 3. The van der Waals surface area contributed by atoms with Gasteiger partial charge < -0.3 is 20.3 Å². The molecule has 0 saturated carbocycles. The Morgan fingerprint density at radius 1 is 1.22 bits per heavy atom. The Morgan fingerprint density at radius 2 is 1.97 bits per heavy atom. The van der Waals surface area contributed by atoms with E-state index in [0.717, 1.165) is 18.7 Å². The first-order chi connectivity index (χ1) is 17.7. The summed E-state index contributed by atoms with van der Waals surface area (Å²) in [6, 6.07) is 10.1. The summed E-state index contributed by atoms with van der Waals surface area (Å²) in [6.45, 7) is 8.95. The zero-order chi connectivity index (χ0) is 26.5. The van der Waals surface area contributed by atoms with Gasteiger partial charge in [-0.2, -0.15) is 5.23 Å². The van der Waals surface area contributed by atoms with Gasteiger partial charge in [-0.3, -0.25) is 4.79 Å². The van der Waals surface area contributed by atoms with Gasteiger partial charge >= 0.3 is 0 Å². The molecule has 4 atom stereocenters. The number of aromatic nitrogens is 3. The molecule has 4 N–H and O–H groups in total. The zero-order valence-corrected chi connectivity index (χ0v) is 21.6. The van der Waals surface area contributed by atoms with E-state index in [-0.39, 0.29) is 11.6 Å². The molecule has 4 unspecified atom stereocenters. The van der Waals surface area contributed by atoms with Crippen LogP contribution in [0.5, 0.6) is 0 Å². The van der Waals surface area contributed by atoms with Gasteiger partial charge in [0.15, 0.2) is 5.69 Å². The first-order valence-electron chi connectivity index (χ1n) is 12.5. The van der Waals surface area contributed by atoms with Crippen molar-refractivity contribution < 1.29 is 19.6 Å². The number of hydrogen-bond acceptors (Lipinski definition) is 8. The summed E-state index contributed by atoms with van der Waals surface area (Å²) < 4.78 is 5.94. The third kappa shape index (κ3) is 6.79. The van der Waals surface area contributed by atoms with Gasteiger partial charge in [0.1, 0.15) is 5.82 Å². The van der Waals surface area contributed by atoms with Crippen molar-refractivity contribution >= 4 is 23.1 Å². The number of carbonyl (C=O) groups excluding carboxylic acids is 1. The normalized spacial score (nSPS) is 20.4. The molecular weight excluding hydrogens is 472 g/mol. The fraction of sp³-hybridized carbons (Fsp3) is 0.407. The number of nitrogens with one attached hydrogen (secondary N) is 3. The van der Waals surface area contributed by atoms with Crippen LogP contribution < -0.4 is 15.9 Å². The molecule has 0 bridgehead atoms. The molecule has 3 aromatic rings. The third-order valence-corrected chi connectivity index (χ3v) is 6.96. The minimum Gasteiger partial charge on any atom is -0.595 e. The van der Waals surface area contributed by atoms with Crippen molar-refractivity contribution in [2.75, 3.05) is 17.2 Å². The maximum atomic E-state index is 11.2. The van der Waals surface area contributed by atoms with E-state index in [4.69, 9.17) is 9.62 Å². The fourth-order valence-electron chi connectivity index (χ4n) is 4.92. The van der Waals surface area contributed by atoms with Gasteiger partial charge in [-0.15, -0.1) is 10.2 Å². The number of anilines is 2. The first-order valence-corrected chi connectivity index (χ1v) is 12.5. The second-order valence-corrected chi connectivity index (χ2v) is 10.00. The summed E-state index contributed by atoms with van der Waals surface area (Å²) in [5, 5.41) is 33.8. The highest BCUT2D eigenvalue weighted by Gasteiger charge is 2.32. The van der Waals surface area contributed by atoms with Crippen LogP contribution in [0.15, 0.2) is 58.7 Å². The lowest BCUT2D eigenvalue weighted by Crippen LogP contribution is -2.99. The van der Waals surface area contributed by atoms with Crippen molar-refractivity contribution in [2.24, 2.45) is 23.7 Å². The molecule has 0 radical (unpaired) electrons. The molecule has 2 heterocycles. The molecule has 4 rings (SSSR count). The summed E-state index contributed by atoms with van der Waals surface area (Å²) >= 11 is 0. The smallest absolute Gasteiger partial charge is 0.247 e. The first kappa shape index (κ1) is 26.5. The minimum atomic E-state index is -0.970. The van der Waals surface area contributed by atoms with E-state index < -0.39 is 5.23 Å². The summed E-state index contributed by atoms with van der Waals surface area (Å²) in [4.78, 5) is 15.5. The zero-order valence-electron chi connectivity index (χ0n) is 21.6. The molecule has 1 aromatic carbocycles. The van der Waals surface area contributed by atoms with Crippen LogP contribution in [0.1, 0.15) is 40.0 Å². The van der Waals surface area contributed by atoms with Crippen LogP contribution in [0.2, 0.25) is 0 Å². The number of amides is 1. The Balaban J connectivity index is 1.40. The van der Waals surface area contributed by atoms with Crippen LogP contribution in [0.4, 0.5) is 17.2 Å². The Hall–Kier alpha value is -3.60. The largest absolute Gasteiger partial charge is 0.595 e. The number of benzene rings is 1. The van der Waals surface area contributed by atoms with Crippen molar-refractivity contribution in [1.29, 1.82) is 0 Å². The lowest BCUT2D eigenvalue weighted by Gasteiger charge is -2.37. The number of pyridine rings is 1. The molecular formula is C27H34N6O4. The van der Waals surface area contributed by atoms with Gasteiger partial charge in [0.05, 0.1) is 11.9 Å². The summed E-state index contributed by atoms with van der Waals surface area (Å²) in [7, 11) is 0. The van der Waals surface area contributed by atoms with E-state index in [2.05, 4.69) is 52.7 Å². The Kier molecular flexibility index (Phi) is 8.32. The number of carbonyl (C=O) groups is 1. The van der Waals surface area contributed by atoms with Crippen LogP contribution >= 0.6 is 0 Å². The predicted octanol–water partition coefficient (Wildman–Crippen LogP) is 4.00. The highest BCUT2D eigenvalue weighted by molar-refractivity contribution is 5.87. The average Bonchev–Trinajstić information content (AvgIpc) is 3.33. The van der Waals surface area contributed by atoms with Crippen molar-refractivity contribution in [1.82, 2.24) is 15.2 Å². The highest BCUT2D eigenvalue weighted by Crippen LogP contribution is 2.39.